The van der Waals surface area contributed by atoms with E-state index in [1.807, 2.05) is 27.7 Å². The quantitative estimate of drug-likeness (QED) is 0.522. The van der Waals surface area contributed by atoms with Gasteiger partial charge in [-0.25, -0.2) is 4.79 Å². The third kappa shape index (κ3) is 6.25. The van der Waals surface area contributed by atoms with E-state index < -0.39 is 23.5 Å². The van der Waals surface area contributed by atoms with Crippen LogP contribution < -0.4 is 0 Å². The molecule has 0 aromatic carbocycles. The molecule has 0 bridgehead atoms. The summed E-state index contributed by atoms with van der Waals surface area (Å²) < 4.78 is 13.9. The first-order valence-electron chi connectivity index (χ1n) is 7.24. The second kappa shape index (κ2) is 9.02. The van der Waals surface area contributed by atoms with Gasteiger partial charge in [0.1, 0.15) is 0 Å². The van der Waals surface area contributed by atoms with E-state index in [4.69, 9.17) is 4.74 Å². The lowest BCUT2D eigenvalue weighted by molar-refractivity contribution is -0.166. The van der Waals surface area contributed by atoms with Crippen molar-refractivity contribution in [2.45, 2.75) is 52.2 Å². The van der Waals surface area contributed by atoms with Gasteiger partial charge in [-0.1, -0.05) is 34.1 Å². The minimum Gasteiger partial charge on any atom is -0.468 e. The highest BCUT2D eigenvalue weighted by molar-refractivity contribution is 8.00. The Kier molecular flexibility index (Phi) is 8.52. The molecule has 0 aromatic heterocycles. The Bertz CT molecular complexity index is 401. The van der Waals surface area contributed by atoms with Crippen LogP contribution in [0.1, 0.15) is 47.5 Å². The summed E-state index contributed by atoms with van der Waals surface area (Å²) in [6.45, 7) is 9.45. The van der Waals surface area contributed by atoms with Crippen LogP contribution >= 0.6 is 11.8 Å². The van der Waals surface area contributed by atoms with Crippen molar-refractivity contribution in [1.82, 2.24) is 0 Å². The average molecular weight is 334 g/mol. The van der Waals surface area contributed by atoms with E-state index in [1.165, 1.54) is 18.9 Å². The highest BCUT2D eigenvalue weighted by Gasteiger charge is 2.49. The number of rotatable bonds is 7. The zero-order valence-electron chi connectivity index (χ0n) is 14.2. The third-order valence-corrected chi connectivity index (χ3v) is 4.34. The molecular formula is C15H26O6S. The fourth-order valence-electron chi connectivity index (χ4n) is 1.76. The molecule has 0 fully saturated rings. The van der Waals surface area contributed by atoms with E-state index in [0.717, 1.165) is 0 Å². The lowest BCUT2D eigenvalue weighted by Crippen LogP contribution is -2.45. The third-order valence-electron chi connectivity index (χ3n) is 2.83. The second-order valence-corrected chi connectivity index (χ2v) is 7.60. The van der Waals surface area contributed by atoms with E-state index in [-0.39, 0.29) is 23.5 Å². The summed E-state index contributed by atoms with van der Waals surface area (Å²) in [5.74, 6) is -1.44. The van der Waals surface area contributed by atoms with E-state index in [0.29, 0.717) is 6.42 Å². The number of hydrogen-bond donors (Lipinski definition) is 0. The summed E-state index contributed by atoms with van der Waals surface area (Å²) in [6, 6.07) is 0. The minimum atomic E-state index is -1.51. The van der Waals surface area contributed by atoms with Gasteiger partial charge in [-0.15, -0.1) is 0 Å². The Morgan fingerprint density at radius 3 is 2.05 bits per heavy atom. The molecule has 0 aliphatic heterocycles. The molecule has 6 nitrogen and oxygen atoms in total. The van der Waals surface area contributed by atoms with Crippen molar-refractivity contribution in [2.75, 3.05) is 19.5 Å². The van der Waals surface area contributed by atoms with Gasteiger partial charge < -0.3 is 14.2 Å². The van der Waals surface area contributed by atoms with Crippen LogP contribution in [0, 0.1) is 5.41 Å². The van der Waals surface area contributed by atoms with Gasteiger partial charge >= 0.3 is 18.1 Å². The topological polar surface area (TPSA) is 78.9 Å². The van der Waals surface area contributed by atoms with Gasteiger partial charge in [0.2, 0.25) is 0 Å². The molecule has 22 heavy (non-hydrogen) atoms. The normalized spacial score (nSPS) is 13.9. The summed E-state index contributed by atoms with van der Waals surface area (Å²) in [4.78, 5) is 36.0. The van der Waals surface area contributed by atoms with Crippen molar-refractivity contribution in [3.05, 3.63) is 0 Å². The molecule has 128 valence electrons. The van der Waals surface area contributed by atoms with E-state index in [1.54, 1.807) is 6.92 Å². The first kappa shape index (κ1) is 20.8. The van der Waals surface area contributed by atoms with Crippen LogP contribution in [-0.4, -0.2) is 42.3 Å². The predicted octanol–water partition coefficient (Wildman–Crippen LogP) is 3.18. The summed E-state index contributed by atoms with van der Waals surface area (Å²) >= 11 is 1.44. The molecule has 0 N–H and O–H groups in total. The molecular weight excluding hydrogens is 308 g/mol. The van der Waals surface area contributed by atoms with Crippen LogP contribution in [0.25, 0.3) is 0 Å². The number of methoxy groups -OCH3 is 1. The fraction of sp³-hybridized carbons (Fsp3) is 0.800. The monoisotopic (exact) mass is 334 g/mol. The summed E-state index contributed by atoms with van der Waals surface area (Å²) in [7, 11) is 1.21. The molecule has 0 saturated carbocycles. The van der Waals surface area contributed by atoms with Crippen LogP contribution in [0.3, 0.4) is 0 Å². The van der Waals surface area contributed by atoms with Gasteiger partial charge in [0.05, 0.1) is 13.7 Å². The highest BCUT2D eigenvalue weighted by Crippen LogP contribution is 2.37. The molecule has 0 heterocycles. The zero-order valence-corrected chi connectivity index (χ0v) is 15.0. The number of hydrogen-bond acceptors (Lipinski definition) is 7. The van der Waals surface area contributed by atoms with Crippen LogP contribution in [0.5, 0.6) is 0 Å². The number of carbonyl (C=O) groups is 3. The maximum absolute atomic E-state index is 12.4. The Hall–Kier alpha value is -1.24. The molecule has 0 spiro atoms. The Morgan fingerprint density at radius 2 is 1.64 bits per heavy atom. The van der Waals surface area contributed by atoms with Crippen molar-refractivity contribution in [1.29, 1.82) is 0 Å². The SMILES string of the molecule is CCCC(CSC(C)(C)C)(C(=O)OC)C(=O)OC(=O)OCC. The maximum Gasteiger partial charge on any atom is 0.516 e. The molecule has 0 saturated heterocycles. The van der Waals surface area contributed by atoms with Gasteiger partial charge in [-0.3, -0.25) is 9.59 Å². The molecule has 0 aliphatic carbocycles. The van der Waals surface area contributed by atoms with Crippen LogP contribution in [0.15, 0.2) is 0 Å². The standard InChI is InChI=1S/C15H26O6S/c1-7-9-15(11(16)19-6,10-22-14(3,4)5)12(17)21-13(18)20-8-2/h7-10H2,1-6H3. The number of ether oxygens (including phenoxy) is 3. The first-order valence-corrected chi connectivity index (χ1v) is 8.23. The second-order valence-electron chi connectivity index (χ2n) is 5.80. The predicted molar refractivity (Wildman–Crippen MR) is 84.7 cm³/mol. The van der Waals surface area contributed by atoms with E-state index >= 15 is 0 Å². The molecule has 0 rings (SSSR count). The van der Waals surface area contributed by atoms with Crippen LogP contribution in [0.2, 0.25) is 0 Å². The van der Waals surface area contributed by atoms with E-state index in [9.17, 15) is 14.4 Å². The molecule has 1 unspecified atom stereocenters. The highest BCUT2D eigenvalue weighted by atomic mass is 32.2. The average Bonchev–Trinajstić information content (AvgIpc) is 2.41. The maximum atomic E-state index is 12.4. The molecule has 0 amide bonds. The number of carbonyl (C=O) groups excluding carboxylic acids is 3. The van der Waals surface area contributed by atoms with Gasteiger partial charge in [0.25, 0.3) is 0 Å². The van der Waals surface area contributed by atoms with Gasteiger partial charge in [-0.2, -0.15) is 11.8 Å². The first-order chi connectivity index (χ1) is 10.1. The van der Waals surface area contributed by atoms with Gasteiger partial charge in [-0.05, 0) is 13.3 Å². The van der Waals surface area contributed by atoms with Crippen molar-refractivity contribution in [3.63, 3.8) is 0 Å². The Morgan fingerprint density at radius 1 is 1.05 bits per heavy atom. The summed E-state index contributed by atoms with van der Waals surface area (Å²) in [6.07, 6.45) is -0.295. The lowest BCUT2D eigenvalue weighted by atomic mass is 9.85. The fourth-order valence-corrected chi connectivity index (χ4v) is 2.82. The summed E-state index contributed by atoms with van der Waals surface area (Å²) in [5, 5.41) is 0. The largest absolute Gasteiger partial charge is 0.516 e. The number of esters is 2. The minimum absolute atomic E-state index is 0.0852. The Labute approximate surface area is 136 Å². The molecule has 0 aliphatic rings. The lowest BCUT2D eigenvalue weighted by Gasteiger charge is -2.30. The van der Waals surface area contributed by atoms with Crippen molar-refractivity contribution in [3.8, 4) is 0 Å². The number of thioether (sulfide) groups is 1. The molecule has 0 aromatic rings. The Balaban J connectivity index is 5.38. The molecule has 1 atom stereocenters. The molecule has 7 heteroatoms. The molecule has 0 radical (unpaired) electrons. The zero-order chi connectivity index (χ0) is 17.4. The van der Waals surface area contributed by atoms with Crippen molar-refractivity contribution < 1.29 is 28.6 Å². The van der Waals surface area contributed by atoms with Crippen LogP contribution in [-0.2, 0) is 23.8 Å². The smallest absolute Gasteiger partial charge is 0.468 e. The van der Waals surface area contributed by atoms with Gasteiger partial charge in [0.15, 0.2) is 5.41 Å². The van der Waals surface area contributed by atoms with Gasteiger partial charge in [0, 0.05) is 10.5 Å². The van der Waals surface area contributed by atoms with E-state index in [2.05, 4.69) is 9.47 Å². The summed E-state index contributed by atoms with van der Waals surface area (Å²) in [5.41, 5.74) is -1.51. The van der Waals surface area contributed by atoms with Crippen molar-refractivity contribution >= 4 is 29.9 Å². The van der Waals surface area contributed by atoms with Crippen LogP contribution in [0.4, 0.5) is 4.79 Å². The van der Waals surface area contributed by atoms with Crippen molar-refractivity contribution in [2.24, 2.45) is 5.41 Å².